The second kappa shape index (κ2) is 9.36. The molecule has 2 aliphatic rings. The third-order valence-corrected chi connectivity index (χ3v) is 5.89. The number of aromatic nitrogens is 3. The summed E-state index contributed by atoms with van der Waals surface area (Å²) < 4.78 is 32.6. The van der Waals surface area contributed by atoms with Crippen LogP contribution in [0.5, 0.6) is 5.75 Å². The first-order chi connectivity index (χ1) is 13.5. The Balaban J connectivity index is 0.00000240. The highest BCUT2D eigenvalue weighted by Crippen LogP contribution is 2.31. The van der Waals surface area contributed by atoms with Gasteiger partial charge in [0.15, 0.2) is 0 Å². The number of hydrogen-bond donors (Lipinski definition) is 1. The SMILES string of the molecule is Cc1cc(CN2CCC(c3nnc4n3CCNC4)CC2)c(OC(F)F)cc1C.Cl. The summed E-state index contributed by atoms with van der Waals surface area (Å²) >= 11 is 0. The van der Waals surface area contributed by atoms with Gasteiger partial charge in [-0.25, -0.2) is 0 Å². The van der Waals surface area contributed by atoms with Crippen molar-refractivity contribution in [3.63, 3.8) is 0 Å². The lowest BCUT2D eigenvalue weighted by atomic mass is 9.95. The van der Waals surface area contributed by atoms with Crippen LogP contribution in [0, 0.1) is 13.8 Å². The number of nitrogens with zero attached hydrogens (tertiary/aromatic N) is 4. The Morgan fingerprint density at radius 3 is 2.59 bits per heavy atom. The number of rotatable bonds is 5. The van der Waals surface area contributed by atoms with E-state index in [0.29, 0.717) is 18.2 Å². The molecular formula is C20H28ClF2N5O. The van der Waals surface area contributed by atoms with Crippen molar-refractivity contribution in [2.75, 3.05) is 19.6 Å². The Bertz CT molecular complexity index is 837. The van der Waals surface area contributed by atoms with Gasteiger partial charge in [0, 0.05) is 31.1 Å². The number of hydrogen-bond acceptors (Lipinski definition) is 5. The van der Waals surface area contributed by atoms with Crippen molar-refractivity contribution in [1.29, 1.82) is 0 Å². The first-order valence-corrected chi connectivity index (χ1v) is 9.91. The van der Waals surface area contributed by atoms with Gasteiger partial charge in [-0.2, -0.15) is 8.78 Å². The van der Waals surface area contributed by atoms with E-state index in [1.165, 1.54) is 0 Å². The Morgan fingerprint density at radius 2 is 1.86 bits per heavy atom. The first-order valence-electron chi connectivity index (χ1n) is 9.91. The number of likely N-dealkylation sites (tertiary alicyclic amines) is 1. The number of halogens is 3. The molecule has 1 fully saturated rings. The predicted molar refractivity (Wildman–Crippen MR) is 109 cm³/mol. The van der Waals surface area contributed by atoms with Crippen molar-refractivity contribution in [1.82, 2.24) is 25.0 Å². The molecule has 3 heterocycles. The van der Waals surface area contributed by atoms with E-state index in [1.807, 2.05) is 19.9 Å². The summed E-state index contributed by atoms with van der Waals surface area (Å²) in [7, 11) is 0. The molecular weight excluding hydrogens is 400 g/mol. The van der Waals surface area contributed by atoms with E-state index in [0.717, 1.165) is 73.9 Å². The third kappa shape index (κ3) is 4.87. The average molecular weight is 428 g/mol. The lowest BCUT2D eigenvalue weighted by molar-refractivity contribution is -0.0508. The maximum absolute atomic E-state index is 12.8. The topological polar surface area (TPSA) is 55.2 Å². The molecule has 2 aliphatic heterocycles. The first kappa shape index (κ1) is 21.9. The standard InChI is InChI=1S/C20H27F2N5O.ClH/c1-13-9-16(17(10-14(13)2)28-20(21)22)12-26-6-3-15(4-7-26)19-25-24-18-11-23-5-8-27(18)19;/h9-10,15,20,23H,3-8,11-12H2,1-2H3;1H. The van der Waals surface area contributed by atoms with Crippen molar-refractivity contribution in [2.45, 2.75) is 58.9 Å². The van der Waals surface area contributed by atoms with Gasteiger partial charge in [-0.3, -0.25) is 4.90 Å². The monoisotopic (exact) mass is 427 g/mol. The van der Waals surface area contributed by atoms with Gasteiger partial charge in [0.2, 0.25) is 0 Å². The van der Waals surface area contributed by atoms with Crippen molar-refractivity contribution >= 4 is 12.4 Å². The molecule has 0 saturated carbocycles. The molecule has 0 bridgehead atoms. The molecule has 0 unspecified atom stereocenters. The largest absolute Gasteiger partial charge is 0.434 e. The summed E-state index contributed by atoms with van der Waals surface area (Å²) in [5.74, 6) is 2.82. The number of piperidine rings is 1. The number of ether oxygens (including phenoxy) is 1. The molecule has 2 aromatic rings. The van der Waals surface area contributed by atoms with Gasteiger partial charge in [0.25, 0.3) is 0 Å². The fourth-order valence-corrected chi connectivity index (χ4v) is 4.19. The molecule has 1 aromatic heterocycles. The van der Waals surface area contributed by atoms with Crippen LogP contribution in [0.3, 0.4) is 0 Å². The van der Waals surface area contributed by atoms with Gasteiger partial charge >= 0.3 is 6.61 Å². The number of fused-ring (bicyclic) bond motifs is 1. The minimum absolute atomic E-state index is 0. The Hall–Kier alpha value is -1.77. The second-order valence-corrected chi connectivity index (χ2v) is 7.78. The van der Waals surface area contributed by atoms with Crippen LogP contribution in [-0.2, 0) is 19.6 Å². The van der Waals surface area contributed by atoms with Crippen molar-refractivity contribution < 1.29 is 13.5 Å². The van der Waals surface area contributed by atoms with Crippen LogP contribution < -0.4 is 10.1 Å². The molecule has 0 amide bonds. The maximum atomic E-state index is 12.8. The summed E-state index contributed by atoms with van der Waals surface area (Å²) in [6.07, 6.45) is 2.00. The van der Waals surface area contributed by atoms with Crippen LogP contribution in [0.2, 0.25) is 0 Å². The fourth-order valence-electron chi connectivity index (χ4n) is 4.19. The maximum Gasteiger partial charge on any atom is 0.387 e. The smallest absolute Gasteiger partial charge is 0.387 e. The lowest BCUT2D eigenvalue weighted by Gasteiger charge is -2.32. The zero-order valence-electron chi connectivity index (χ0n) is 16.8. The van der Waals surface area contributed by atoms with Crippen LogP contribution in [0.4, 0.5) is 8.78 Å². The zero-order chi connectivity index (χ0) is 19.7. The van der Waals surface area contributed by atoms with Gasteiger partial charge in [-0.05, 0) is 57.0 Å². The molecule has 0 aliphatic carbocycles. The van der Waals surface area contributed by atoms with Crippen molar-refractivity contribution in [2.24, 2.45) is 0 Å². The molecule has 1 aromatic carbocycles. The summed E-state index contributed by atoms with van der Waals surface area (Å²) in [6.45, 7) is 6.21. The van der Waals surface area contributed by atoms with Gasteiger partial charge in [0.05, 0.1) is 6.54 Å². The van der Waals surface area contributed by atoms with E-state index in [2.05, 4.69) is 25.0 Å². The van der Waals surface area contributed by atoms with Crippen LogP contribution in [0.1, 0.15) is 47.1 Å². The van der Waals surface area contributed by atoms with Gasteiger partial charge in [-0.1, -0.05) is 6.07 Å². The van der Waals surface area contributed by atoms with Gasteiger partial charge in [0.1, 0.15) is 17.4 Å². The summed E-state index contributed by atoms with van der Waals surface area (Å²) in [4.78, 5) is 2.31. The minimum Gasteiger partial charge on any atom is -0.434 e. The summed E-state index contributed by atoms with van der Waals surface area (Å²) in [5, 5.41) is 12.1. The minimum atomic E-state index is -2.81. The van der Waals surface area contributed by atoms with Crippen LogP contribution >= 0.6 is 12.4 Å². The van der Waals surface area contributed by atoms with E-state index in [-0.39, 0.29) is 12.4 Å². The zero-order valence-corrected chi connectivity index (χ0v) is 17.6. The number of benzene rings is 1. The Morgan fingerprint density at radius 1 is 1.14 bits per heavy atom. The molecule has 0 spiro atoms. The highest BCUT2D eigenvalue weighted by molar-refractivity contribution is 5.85. The molecule has 4 rings (SSSR count). The Labute approximate surface area is 176 Å². The highest BCUT2D eigenvalue weighted by atomic mass is 35.5. The molecule has 160 valence electrons. The molecule has 1 N–H and O–H groups in total. The fraction of sp³-hybridized carbons (Fsp3) is 0.600. The van der Waals surface area contributed by atoms with Gasteiger partial charge < -0.3 is 14.6 Å². The third-order valence-electron chi connectivity index (χ3n) is 5.89. The normalized spacial score (nSPS) is 17.8. The van der Waals surface area contributed by atoms with E-state index in [9.17, 15) is 8.78 Å². The average Bonchev–Trinajstić information content (AvgIpc) is 3.10. The lowest BCUT2D eigenvalue weighted by Crippen LogP contribution is -2.35. The van der Waals surface area contributed by atoms with E-state index < -0.39 is 6.61 Å². The molecule has 9 heteroatoms. The van der Waals surface area contributed by atoms with E-state index in [1.54, 1.807) is 6.07 Å². The highest BCUT2D eigenvalue weighted by Gasteiger charge is 2.27. The van der Waals surface area contributed by atoms with Crippen LogP contribution in [0.25, 0.3) is 0 Å². The molecule has 0 atom stereocenters. The van der Waals surface area contributed by atoms with Crippen LogP contribution in [-0.4, -0.2) is 45.9 Å². The molecule has 29 heavy (non-hydrogen) atoms. The number of aryl methyl sites for hydroxylation is 2. The van der Waals surface area contributed by atoms with Gasteiger partial charge in [-0.15, -0.1) is 22.6 Å². The quantitative estimate of drug-likeness (QED) is 0.792. The number of alkyl halides is 2. The van der Waals surface area contributed by atoms with Crippen molar-refractivity contribution in [3.8, 4) is 5.75 Å². The molecule has 6 nitrogen and oxygen atoms in total. The predicted octanol–water partition coefficient (Wildman–Crippen LogP) is 3.40. The van der Waals surface area contributed by atoms with Crippen molar-refractivity contribution in [3.05, 3.63) is 40.5 Å². The van der Waals surface area contributed by atoms with E-state index >= 15 is 0 Å². The molecule has 1 saturated heterocycles. The summed E-state index contributed by atoms with van der Waals surface area (Å²) in [6, 6.07) is 3.70. The number of nitrogens with one attached hydrogen (secondary N) is 1. The molecule has 0 radical (unpaired) electrons. The summed E-state index contributed by atoms with van der Waals surface area (Å²) in [5.41, 5.74) is 2.88. The second-order valence-electron chi connectivity index (χ2n) is 7.78. The van der Waals surface area contributed by atoms with E-state index in [4.69, 9.17) is 4.74 Å². The van der Waals surface area contributed by atoms with Crippen LogP contribution in [0.15, 0.2) is 12.1 Å². The Kier molecular flexibility index (Phi) is 7.08.